The minimum absolute atomic E-state index is 0.0768. The number of hydrogen-bond acceptors (Lipinski definition) is 2. The molecule has 0 saturated heterocycles. The van der Waals surface area contributed by atoms with E-state index in [1.165, 1.54) is 16.7 Å². The monoisotopic (exact) mass is 328 g/mol. The summed E-state index contributed by atoms with van der Waals surface area (Å²) in [6.45, 7) is 0. The van der Waals surface area contributed by atoms with Gasteiger partial charge in [0, 0.05) is 25.0 Å². The molecule has 20 heavy (non-hydrogen) atoms. The molecule has 1 aliphatic rings. The zero-order chi connectivity index (χ0) is 14.1. The molecular weight excluding hydrogens is 312 g/mol. The molecule has 0 N–H and O–H groups in total. The van der Waals surface area contributed by atoms with Gasteiger partial charge in [-0.25, -0.2) is 0 Å². The number of nitrogens with zero attached hydrogens (tertiary/aromatic N) is 2. The Morgan fingerprint density at radius 2 is 1.65 bits per heavy atom. The van der Waals surface area contributed by atoms with Gasteiger partial charge < -0.3 is 4.90 Å². The van der Waals surface area contributed by atoms with E-state index in [0.717, 1.165) is 16.7 Å². The van der Waals surface area contributed by atoms with Gasteiger partial charge in [0.25, 0.3) is 0 Å². The van der Waals surface area contributed by atoms with Crippen molar-refractivity contribution < 1.29 is 0 Å². The summed E-state index contributed by atoms with van der Waals surface area (Å²) < 4.78 is 1.11. The van der Waals surface area contributed by atoms with Crippen LogP contribution in [-0.4, -0.2) is 24.8 Å². The third-order valence-corrected chi connectivity index (χ3v) is 4.41. The molecule has 0 bridgehead atoms. The minimum atomic E-state index is 0.0768. The van der Waals surface area contributed by atoms with E-state index in [-0.39, 0.29) is 6.04 Å². The zero-order valence-electron chi connectivity index (χ0n) is 11.7. The molecule has 3 rings (SSSR count). The second-order valence-electron chi connectivity index (χ2n) is 5.24. The number of likely N-dealkylation sites (N-methyl/N-ethyl adjacent to an activating group) is 1. The van der Waals surface area contributed by atoms with Crippen molar-refractivity contribution in [2.45, 2.75) is 12.5 Å². The first-order valence-corrected chi connectivity index (χ1v) is 7.52. The lowest BCUT2D eigenvalue weighted by molar-refractivity contribution is 0.591. The van der Waals surface area contributed by atoms with E-state index in [1.807, 2.05) is 6.07 Å². The zero-order valence-corrected chi connectivity index (χ0v) is 13.3. The normalized spacial score (nSPS) is 17.4. The topological polar surface area (TPSA) is 15.6 Å². The summed E-state index contributed by atoms with van der Waals surface area (Å²) in [5, 5.41) is 0. The van der Waals surface area contributed by atoms with E-state index in [0.29, 0.717) is 0 Å². The molecule has 1 unspecified atom stereocenters. The summed E-state index contributed by atoms with van der Waals surface area (Å²) >= 11 is 3.66. The lowest BCUT2D eigenvalue weighted by Gasteiger charge is -2.28. The summed E-state index contributed by atoms with van der Waals surface area (Å²) in [4.78, 5) is 7.08. The van der Waals surface area contributed by atoms with Crippen molar-refractivity contribution in [2.75, 3.05) is 14.1 Å². The standard InChI is InChI=1S/C17H17BrN2/c1-20(2)16-11-12-7-3-4-8-13(12)17(19-16)14-9-5-6-10-15(14)18/h3-10,17H,11H2,1-2H3. The molecule has 0 aliphatic carbocycles. The fourth-order valence-corrected chi connectivity index (χ4v) is 3.11. The van der Waals surface area contributed by atoms with E-state index < -0.39 is 0 Å². The molecule has 0 amide bonds. The lowest BCUT2D eigenvalue weighted by Crippen LogP contribution is -2.28. The van der Waals surface area contributed by atoms with Crippen molar-refractivity contribution in [3.63, 3.8) is 0 Å². The Labute approximate surface area is 128 Å². The summed E-state index contributed by atoms with van der Waals surface area (Å²) in [5.41, 5.74) is 3.90. The molecule has 2 aromatic carbocycles. The molecule has 0 aromatic heterocycles. The van der Waals surface area contributed by atoms with Crippen molar-refractivity contribution in [1.29, 1.82) is 0 Å². The predicted molar refractivity (Wildman–Crippen MR) is 87.3 cm³/mol. The molecular formula is C17H17BrN2. The third kappa shape index (κ3) is 2.38. The second kappa shape index (κ2) is 5.41. The fraction of sp³-hybridized carbons (Fsp3) is 0.235. The van der Waals surface area contributed by atoms with Gasteiger partial charge in [-0.3, -0.25) is 4.99 Å². The average Bonchev–Trinajstić information content (AvgIpc) is 2.46. The SMILES string of the molecule is CN(C)C1=NC(c2ccccc2Br)c2ccccc2C1. The smallest absolute Gasteiger partial charge is 0.104 e. The van der Waals surface area contributed by atoms with Crippen LogP contribution in [0.2, 0.25) is 0 Å². The molecule has 2 nitrogen and oxygen atoms in total. The summed E-state index contributed by atoms with van der Waals surface area (Å²) in [7, 11) is 4.12. The summed E-state index contributed by atoms with van der Waals surface area (Å²) in [6.07, 6.45) is 0.907. The van der Waals surface area contributed by atoms with Gasteiger partial charge >= 0.3 is 0 Å². The number of benzene rings is 2. The summed E-state index contributed by atoms with van der Waals surface area (Å²) in [5.74, 6) is 1.13. The highest BCUT2D eigenvalue weighted by Crippen LogP contribution is 2.36. The quantitative estimate of drug-likeness (QED) is 0.770. The molecule has 1 aliphatic heterocycles. The number of aliphatic imine (C=N–C) groups is 1. The maximum Gasteiger partial charge on any atom is 0.104 e. The van der Waals surface area contributed by atoms with Crippen LogP contribution in [0.25, 0.3) is 0 Å². The molecule has 0 radical (unpaired) electrons. The number of hydrogen-bond donors (Lipinski definition) is 0. The van der Waals surface area contributed by atoms with E-state index in [4.69, 9.17) is 4.99 Å². The molecule has 1 atom stereocenters. The first-order chi connectivity index (χ1) is 9.66. The number of fused-ring (bicyclic) bond motifs is 1. The van der Waals surface area contributed by atoms with Crippen molar-refractivity contribution in [3.05, 3.63) is 69.7 Å². The van der Waals surface area contributed by atoms with E-state index in [2.05, 4.69) is 77.4 Å². The molecule has 0 fully saturated rings. The molecule has 0 spiro atoms. The Kier molecular flexibility index (Phi) is 3.62. The second-order valence-corrected chi connectivity index (χ2v) is 6.09. The van der Waals surface area contributed by atoms with Gasteiger partial charge in [-0.15, -0.1) is 0 Å². The molecule has 1 heterocycles. The van der Waals surface area contributed by atoms with Crippen LogP contribution in [0.3, 0.4) is 0 Å². The van der Waals surface area contributed by atoms with Crippen LogP contribution < -0.4 is 0 Å². The molecule has 3 heteroatoms. The summed E-state index contributed by atoms with van der Waals surface area (Å²) in [6, 6.07) is 17.0. The van der Waals surface area contributed by atoms with Gasteiger partial charge in [-0.1, -0.05) is 58.4 Å². The average molecular weight is 329 g/mol. The van der Waals surface area contributed by atoms with Crippen molar-refractivity contribution in [2.24, 2.45) is 4.99 Å². The number of rotatable bonds is 1. The highest BCUT2D eigenvalue weighted by atomic mass is 79.9. The minimum Gasteiger partial charge on any atom is -0.366 e. The Hall–Kier alpha value is -1.61. The highest BCUT2D eigenvalue weighted by Gasteiger charge is 2.24. The first-order valence-electron chi connectivity index (χ1n) is 6.73. The van der Waals surface area contributed by atoms with Gasteiger partial charge in [-0.05, 0) is 22.8 Å². The van der Waals surface area contributed by atoms with Crippen LogP contribution in [0.4, 0.5) is 0 Å². The molecule has 0 saturated carbocycles. The Bertz CT molecular complexity index is 662. The van der Waals surface area contributed by atoms with Gasteiger partial charge in [-0.2, -0.15) is 0 Å². The van der Waals surface area contributed by atoms with Gasteiger partial charge in [0.15, 0.2) is 0 Å². The third-order valence-electron chi connectivity index (χ3n) is 3.69. The van der Waals surface area contributed by atoms with Gasteiger partial charge in [0.05, 0.1) is 0 Å². The Morgan fingerprint density at radius 1 is 1.00 bits per heavy atom. The van der Waals surface area contributed by atoms with E-state index >= 15 is 0 Å². The maximum absolute atomic E-state index is 4.97. The van der Waals surface area contributed by atoms with Crippen molar-refractivity contribution >= 4 is 21.8 Å². The van der Waals surface area contributed by atoms with Crippen LogP contribution in [0, 0.1) is 0 Å². The van der Waals surface area contributed by atoms with Crippen molar-refractivity contribution in [3.8, 4) is 0 Å². The van der Waals surface area contributed by atoms with Crippen LogP contribution in [0.5, 0.6) is 0 Å². The van der Waals surface area contributed by atoms with Crippen LogP contribution in [0.15, 0.2) is 58.0 Å². The fourth-order valence-electron chi connectivity index (χ4n) is 2.60. The van der Waals surface area contributed by atoms with Crippen LogP contribution in [-0.2, 0) is 6.42 Å². The van der Waals surface area contributed by atoms with Crippen LogP contribution in [0.1, 0.15) is 22.7 Å². The number of halogens is 1. The Morgan fingerprint density at radius 3 is 2.35 bits per heavy atom. The maximum atomic E-state index is 4.97. The first kappa shape index (κ1) is 13.4. The number of amidine groups is 1. The molecule has 102 valence electrons. The van der Waals surface area contributed by atoms with Crippen LogP contribution >= 0.6 is 15.9 Å². The molecule has 2 aromatic rings. The Balaban J connectivity index is 2.15. The van der Waals surface area contributed by atoms with Gasteiger partial charge in [0.1, 0.15) is 11.9 Å². The van der Waals surface area contributed by atoms with Gasteiger partial charge in [0.2, 0.25) is 0 Å². The lowest BCUT2D eigenvalue weighted by atomic mass is 9.90. The van der Waals surface area contributed by atoms with Crippen molar-refractivity contribution in [1.82, 2.24) is 4.90 Å². The highest BCUT2D eigenvalue weighted by molar-refractivity contribution is 9.10. The van der Waals surface area contributed by atoms with E-state index in [9.17, 15) is 0 Å². The predicted octanol–water partition coefficient (Wildman–Crippen LogP) is 4.05. The largest absolute Gasteiger partial charge is 0.366 e. The van der Waals surface area contributed by atoms with E-state index in [1.54, 1.807) is 0 Å².